The molecule has 1 rings (SSSR count). The summed E-state index contributed by atoms with van der Waals surface area (Å²) in [5, 5.41) is 9.03. The molecule has 13 heavy (non-hydrogen) atoms. The van der Waals surface area contributed by atoms with Crippen LogP contribution in [0.3, 0.4) is 0 Å². The molecule has 6 heteroatoms. The second-order valence-electron chi connectivity index (χ2n) is 2.26. The van der Waals surface area contributed by atoms with Gasteiger partial charge in [0.25, 0.3) is 12.0 Å². The highest BCUT2D eigenvalue weighted by atomic mass is 19.3. The number of rotatable bonds is 2. The zero-order chi connectivity index (χ0) is 10.0. The molecule has 0 unspecified atom stereocenters. The van der Waals surface area contributed by atoms with E-state index >= 15 is 0 Å². The first kappa shape index (κ1) is 9.50. The van der Waals surface area contributed by atoms with Crippen LogP contribution in [0.15, 0.2) is 11.0 Å². The van der Waals surface area contributed by atoms with Crippen LogP contribution in [0.25, 0.3) is 0 Å². The van der Waals surface area contributed by atoms with Crippen molar-refractivity contribution in [3.8, 4) is 11.5 Å². The number of alkyl halides is 2. The van der Waals surface area contributed by atoms with Gasteiger partial charge in [-0.25, -0.2) is 8.78 Å². The molecule has 0 saturated carbocycles. The standard InChI is InChI=1S/C7H7F2NO3/c1-13-5-3(6(8)9)2-10-7(12)4(5)11/h2,6,11H,1H3,(H,10,12). The van der Waals surface area contributed by atoms with Gasteiger partial charge in [0.05, 0.1) is 12.7 Å². The Bertz CT molecular complexity index is 361. The molecule has 0 spiro atoms. The fourth-order valence-corrected chi connectivity index (χ4v) is 0.894. The van der Waals surface area contributed by atoms with Gasteiger partial charge in [-0.05, 0) is 0 Å². The van der Waals surface area contributed by atoms with E-state index in [0.717, 1.165) is 13.3 Å². The summed E-state index contributed by atoms with van der Waals surface area (Å²) < 4.78 is 28.9. The van der Waals surface area contributed by atoms with Crippen molar-refractivity contribution in [1.82, 2.24) is 4.98 Å². The Kier molecular flexibility index (Phi) is 2.50. The monoisotopic (exact) mass is 191 g/mol. The summed E-state index contributed by atoms with van der Waals surface area (Å²) in [6, 6.07) is 0. The van der Waals surface area contributed by atoms with Crippen LogP contribution in [-0.2, 0) is 0 Å². The molecule has 1 aromatic heterocycles. The van der Waals surface area contributed by atoms with E-state index in [1.54, 1.807) is 0 Å². The lowest BCUT2D eigenvalue weighted by Crippen LogP contribution is -2.08. The molecule has 1 heterocycles. The maximum atomic E-state index is 12.2. The lowest BCUT2D eigenvalue weighted by Gasteiger charge is -2.07. The molecule has 2 N–H and O–H groups in total. The second-order valence-corrected chi connectivity index (χ2v) is 2.26. The van der Waals surface area contributed by atoms with Crippen molar-refractivity contribution in [2.45, 2.75) is 6.43 Å². The van der Waals surface area contributed by atoms with E-state index in [0.29, 0.717) is 0 Å². The average Bonchev–Trinajstić information content (AvgIpc) is 2.09. The number of pyridine rings is 1. The fraction of sp³-hybridized carbons (Fsp3) is 0.286. The van der Waals surface area contributed by atoms with Crippen molar-refractivity contribution in [3.63, 3.8) is 0 Å². The van der Waals surface area contributed by atoms with E-state index < -0.39 is 29.0 Å². The number of aromatic nitrogens is 1. The van der Waals surface area contributed by atoms with Gasteiger partial charge >= 0.3 is 0 Å². The molecule has 72 valence electrons. The van der Waals surface area contributed by atoms with Crippen LogP contribution >= 0.6 is 0 Å². The van der Waals surface area contributed by atoms with E-state index in [9.17, 15) is 13.6 Å². The van der Waals surface area contributed by atoms with Crippen LogP contribution < -0.4 is 10.3 Å². The summed E-state index contributed by atoms with van der Waals surface area (Å²) >= 11 is 0. The second kappa shape index (κ2) is 3.42. The van der Waals surface area contributed by atoms with Gasteiger partial charge in [0.15, 0.2) is 5.75 Å². The molecule has 0 radical (unpaired) electrons. The van der Waals surface area contributed by atoms with Gasteiger partial charge in [-0.1, -0.05) is 0 Å². The first-order valence-electron chi connectivity index (χ1n) is 3.34. The third-order valence-electron chi connectivity index (χ3n) is 1.49. The molecule has 0 fully saturated rings. The van der Waals surface area contributed by atoms with E-state index in [2.05, 4.69) is 4.74 Å². The van der Waals surface area contributed by atoms with Crippen molar-refractivity contribution >= 4 is 0 Å². The highest BCUT2D eigenvalue weighted by Gasteiger charge is 2.19. The molecule has 0 saturated heterocycles. The van der Waals surface area contributed by atoms with Crippen LogP contribution in [0.1, 0.15) is 12.0 Å². The number of halogens is 2. The predicted octanol–water partition coefficient (Wildman–Crippen LogP) is 1.03. The number of nitrogens with one attached hydrogen (secondary N) is 1. The summed E-state index contributed by atoms with van der Waals surface area (Å²) in [5.74, 6) is -1.32. The van der Waals surface area contributed by atoms with Crippen molar-refractivity contribution < 1.29 is 18.6 Å². The largest absolute Gasteiger partial charge is 0.500 e. The summed E-state index contributed by atoms with van der Waals surface area (Å²) in [4.78, 5) is 12.7. The zero-order valence-corrected chi connectivity index (χ0v) is 6.67. The quantitative estimate of drug-likeness (QED) is 0.733. The highest BCUT2D eigenvalue weighted by Crippen LogP contribution is 2.32. The molecule has 0 atom stereocenters. The molecule has 0 amide bonds. The third kappa shape index (κ3) is 1.61. The van der Waals surface area contributed by atoms with Gasteiger partial charge in [0.1, 0.15) is 0 Å². The molecule has 0 aliphatic carbocycles. The van der Waals surface area contributed by atoms with E-state index in [-0.39, 0.29) is 0 Å². The summed E-state index contributed by atoms with van der Waals surface area (Å²) in [7, 11) is 1.10. The van der Waals surface area contributed by atoms with Crippen molar-refractivity contribution in [2.24, 2.45) is 0 Å². The minimum atomic E-state index is -2.81. The maximum Gasteiger partial charge on any atom is 0.294 e. The van der Waals surface area contributed by atoms with Gasteiger partial charge in [0.2, 0.25) is 5.75 Å². The minimum Gasteiger partial charge on any atom is -0.500 e. The zero-order valence-electron chi connectivity index (χ0n) is 6.67. The van der Waals surface area contributed by atoms with Gasteiger partial charge in [-0.2, -0.15) is 0 Å². The number of H-pyrrole nitrogens is 1. The lowest BCUT2D eigenvalue weighted by atomic mass is 10.2. The van der Waals surface area contributed by atoms with Crippen LogP contribution in [0.4, 0.5) is 8.78 Å². The first-order chi connectivity index (χ1) is 6.07. The molecule has 4 nitrogen and oxygen atoms in total. The number of ether oxygens (including phenoxy) is 1. The van der Waals surface area contributed by atoms with Crippen LogP contribution in [0, 0.1) is 0 Å². The van der Waals surface area contributed by atoms with Gasteiger partial charge in [0, 0.05) is 6.20 Å². The number of hydrogen-bond donors (Lipinski definition) is 2. The van der Waals surface area contributed by atoms with Gasteiger partial charge in [-0.15, -0.1) is 0 Å². The molecule has 0 aliphatic heterocycles. The summed E-state index contributed by atoms with van der Waals surface area (Å²) in [5.41, 5.74) is -1.40. The smallest absolute Gasteiger partial charge is 0.294 e. The van der Waals surface area contributed by atoms with Crippen molar-refractivity contribution in [2.75, 3.05) is 7.11 Å². The van der Waals surface area contributed by atoms with E-state index in [4.69, 9.17) is 5.11 Å². The minimum absolute atomic E-state index is 0.487. The van der Waals surface area contributed by atoms with Crippen LogP contribution in [-0.4, -0.2) is 17.2 Å². The Morgan fingerprint density at radius 2 is 2.23 bits per heavy atom. The van der Waals surface area contributed by atoms with Gasteiger partial charge in [-0.3, -0.25) is 4.79 Å². The third-order valence-corrected chi connectivity index (χ3v) is 1.49. The molecule has 0 aliphatic rings. The topological polar surface area (TPSA) is 62.3 Å². The fourth-order valence-electron chi connectivity index (χ4n) is 0.894. The molecule has 0 bridgehead atoms. The Morgan fingerprint density at radius 1 is 1.62 bits per heavy atom. The highest BCUT2D eigenvalue weighted by molar-refractivity contribution is 5.43. The number of methoxy groups -OCH3 is 1. The molecule has 1 aromatic rings. The van der Waals surface area contributed by atoms with Crippen LogP contribution in [0.2, 0.25) is 0 Å². The first-order valence-corrected chi connectivity index (χ1v) is 3.34. The van der Waals surface area contributed by atoms with Crippen LogP contribution in [0.5, 0.6) is 11.5 Å². The Balaban J connectivity index is 3.38. The van der Waals surface area contributed by atoms with E-state index in [1.807, 2.05) is 4.98 Å². The Labute approximate surface area is 71.8 Å². The average molecular weight is 191 g/mol. The molecule has 0 aromatic carbocycles. The predicted molar refractivity (Wildman–Crippen MR) is 40.2 cm³/mol. The number of aromatic amines is 1. The Hall–Kier alpha value is -1.59. The van der Waals surface area contributed by atoms with Gasteiger partial charge < -0.3 is 14.8 Å². The lowest BCUT2D eigenvalue weighted by molar-refractivity contribution is 0.145. The molecular formula is C7H7F2NO3. The summed E-state index contributed by atoms with van der Waals surface area (Å²) in [6.07, 6.45) is -2.00. The normalized spacial score (nSPS) is 10.5. The maximum absolute atomic E-state index is 12.2. The van der Waals surface area contributed by atoms with Crippen molar-refractivity contribution in [3.05, 3.63) is 22.1 Å². The van der Waals surface area contributed by atoms with E-state index in [1.165, 1.54) is 0 Å². The number of aromatic hydroxyl groups is 1. The van der Waals surface area contributed by atoms with Crippen molar-refractivity contribution in [1.29, 1.82) is 0 Å². The Morgan fingerprint density at radius 3 is 2.69 bits per heavy atom. The SMILES string of the molecule is COc1c(C(F)F)c[nH]c(=O)c1O. The summed E-state index contributed by atoms with van der Waals surface area (Å²) in [6.45, 7) is 0. The number of hydrogen-bond acceptors (Lipinski definition) is 3. The molecular weight excluding hydrogens is 184 g/mol.